The van der Waals surface area contributed by atoms with Crippen LogP contribution in [0.5, 0.6) is 0 Å². The fraction of sp³-hybridized carbons (Fsp3) is 0. The summed E-state index contributed by atoms with van der Waals surface area (Å²) in [6.07, 6.45) is 0. The molecule has 0 aliphatic carbocycles. The second-order valence-electron chi connectivity index (χ2n) is 2.33. The molecule has 0 fully saturated rings. The van der Waals surface area contributed by atoms with E-state index in [1.54, 1.807) is 6.07 Å². The maximum atomic E-state index is 12.8. The summed E-state index contributed by atoms with van der Waals surface area (Å²) in [6, 6.07) is 5.23. The highest BCUT2D eigenvalue weighted by Crippen LogP contribution is 2.07. The van der Waals surface area contributed by atoms with Crippen LogP contribution in [-0.2, 0) is 0 Å². The number of benzene rings is 1. The van der Waals surface area contributed by atoms with E-state index in [1.165, 1.54) is 6.07 Å². The predicted octanol–water partition coefficient (Wildman–Crippen LogP) is 0.792. The van der Waals surface area contributed by atoms with Crippen molar-refractivity contribution >= 4 is 5.84 Å². The number of hydrogen-bond donors (Lipinski definition) is 2. The van der Waals surface area contributed by atoms with E-state index in [0.717, 1.165) is 12.1 Å². The molecule has 3 N–H and O–H groups in total. The van der Waals surface area contributed by atoms with Crippen LogP contribution in [0, 0.1) is 17.1 Å². The summed E-state index contributed by atoms with van der Waals surface area (Å²) in [6.45, 7) is 0. The molecule has 0 aromatic heterocycles. The first kappa shape index (κ1) is 9.00. The molecule has 0 bridgehead atoms. The lowest BCUT2D eigenvalue weighted by Gasteiger charge is -1.98. The highest BCUT2D eigenvalue weighted by Gasteiger charge is 2.03. The molecule has 4 nitrogen and oxygen atoms in total. The monoisotopic (exact) mass is 179 g/mol. The molecule has 13 heavy (non-hydrogen) atoms. The minimum atomic E-state index is -0.597. The number of halogens is 1. The summed E-state index contributed by atoms with van der Waals surface area (Å²) >= 11 is 0. The lowest BCUT2D eigenvalue weighted by molar-refractivity contribution is 0.318. The van der Waals surface area contributed by atoms with E-state index in [2.05, 4.69) is 5.16 Å². The molecule has 0 amide bonds. The fourth-order valence-corrected chi connectivity index (χ4v) is 0.860. The van der Waals surface area contributed by atoms with Crippen LogP contribution in [0.1, 0.15) is 11.1 Å². The third kappa shape index (κ3) is 1.93. The van der Waals surface area contributed by atoms with Crippen molar-refractivity contribution in [3.05, 3.63) is 35.1 Å². The highest BCUT2D eigenvalue weighted by atomic mass is 19.1. The second-order valence-corrected chi connectivity index (χ2v) is 2.33. The van der Waals surface area contributed by atoms with Crippen LogP contribution in [0.2, 0.25) is 0 Å². The van der Waals surface area contributed by atoms with Gasteiger partial charge in [-0.2, -0.15) is 5.26 Å². The van der Waals surface area contributed by atoms with Crippen LogP contribution in [0.4, 0.5) is 4.39 Å². The fourth-order valence-electron chi connectivity index (χ4n) is 0.860. The molecular formula is C8H6FN3O. The van der Waals surface area contributed by atoms with Crippen molar-refractivity contribution in [1.29, 1.82) is 5.26 Å². The van der Waals surface area contributed by atoms with Crippen molar-refractivity contribution in [1.82, 2.24) is 0 Å². The van der Waals surface area contributed by atoms with Crippen LogP contribution in [0.25, 0.3) is 0 Å². The van der Waals surface area contributed by atoms with Gasteiger partial charge in [0.1, 0.15) is 5.82 Å². The van der Waals surface area contributed by atoms with Gasteiger partial charge in [0, 0.05) is 5.56 Å². The topological polar surface area (TPSA) is 82.4 Å². The largest absolute Gasteiger partial charge is 0.409 e. The maximum absolute atomic E-state index is 12.8. The smallest absolute Gasteiger partial charge is 0.170 e. The third-order valence-electron chi connectivity index (χ3n) is 1.43. The molecule has 0 heterocycles. The number of hydrogen-bond acceptors (Lipinski definition) is 3. The zero-order valence-corrected chi connectivity index (χ0v) is 6.53. The van der Waals surface area contributed by atoms with E-state index in [9.17, 15) is 4.39 Å². The van der Waals surface area contributed by atoms with E-state index >= 15 is 0 Å². The van der Waals surface area contributed by atoms with Gasteiger partial charge in [-0.25, -0.2) is 4.39 Å². The normalized spacial score (nSPS) is 10.9. The Morgan fingerprint density at radius 2 is 2.23 bits per heavy atom. The van der Waals surface area contributed by atoms with Gasteiger partial charge in [0.05, 0.1) is 11.6 Å². The van der Waals surface area contributed by atoms with Crippen molar-refractivity contribution in [3.63, 3.8) is 0 Å². The van der Waals surface area contributed by atoms with E-state index in [-0.39, 0.29) is 17.0 Å². The van der Waals surface area contributed by atoms with Crippen molar-refractivity contribution in [2.75, 3.05) is 0 Å². The molecule has 5 heteroatoms. The van der Waals surface area contributed by atoms with Gasteiger partial charge in [0.2, 0.25) is 0 Å². The van der Waals surface area contributed by atoms with E-state index in [0.29, 0.717) is 0 Å². The minimum absolute atomic E-state index is 0.126. The van der Waals surface area contributed by atoms with Gasteiger partial charge in [-0.1, -0.05) is 5.16 Å². The molecule has 1 rings (SSSR count). The molecule has 0 radical (unpaired) electrons. The average molecular weight is 179 g/mol. The van der Waals surface area contributed by atoms with Gasteiger partial charge < -0.3 is 10.9 Å². The molecule has 0 saturated heterocycles. The van der Waals surface area contributed by atoms with Crippen LogP contribution in [0.3, 0.4) is 0 Å². The maximum Gasteiger partial charge on any atom is 0.170 e. The minimum Gasteiger partial charge on any atom is -0.409 e. The summed E-state index contributed by atoms with van der Waals surface area (Å²) in [4.78, 5) is 0. The molecule has 1 aromatic rings. The van der Waals surface area contributed by atoms with Crippen LogP contribution >= 0.6 is 0 Å². The quantitative estimate of drug-likeness (QED) is 0.289. The van der Waals surface area contributed by atoms with Gasteiger partial charge in [0.15, 0.2) is 5.84 Å². The number of nitrogens with two attached hydrogens (primary N) is 1. The van der Waals surface area contributed by atoms with E-state index in [1.807, 2.05) is 0 Å². The standard InChI is InChI=1S/C8H6FN3O/c9-7-2-5(4-10)1-6(3-7)8(11)12-13/h1-3,13H,(H2,11,12). The summed E-state index contributed by atoms with van der Waals surface area (Å²) in [5.41, 5.74) is 5.52. The molecule has 0 aliphatic rings. The Labute approximate surface area is 73.7 Å². The third-order valence-corrected chi connectivity index (χ3v) is 1.43. The molecule has 0 spiro atoms. The number of rotatable bonds is 1. The van der Waals surface area contributed by atoms with Gasteiger partial charge >= 0.3 is 0 Å². The molecular weight excluding hydrogens is 173 g/mol. The molecule has 0 aliphatic heterocycles. The van der Waals surface area contributed by atoms with Crippen LogP contribution in [-0.4, -0.2) is 11.0 Å². The average Bonchev–Trinajstić information content (AvgIpc) is 2.15. The Hall–Kier alpha value is -2.09. The Morgan fingerprint density at radius 3 is 2.77 bits per heavy atom. The second kappa shape index (κ2) is 3.54. The number of nitrogens with zero attached hydrogens (tertiary/aromatic N) is 2. The van der Waals surface area contributed by atoms with Gasteiger partial charge in [0.25, 0.3) is 0 Å². The zero-order chi connectivity index (χ0) is 9.84. The zero-order valence-electron chi connectivity index (χ0n) is 6.53. The Kier molecular flexibility index (Phi) is 2.45. The first-order chi connectivity index (χ1) is 6.17. The van der Waals surface area contributed by atoms with E-state index in [4.69, 9.17) is 16.2 Å². The molecule has 0 atom stereocenters. The lowest BCUT2D eigenvalue weighted by atomic mass is 10.1. The molecule has 0 unspecified atom stereocenters. The molecule has 0 saturated carbocycles. The summed E-state index contributed by atoms with van der Waals surface area (Å²) < 4.78 is 12.8. The summed E-state index contributed by atoms with van der Waals surface area (Å²) in [5.74, 6) is -0.823. The number of oxime groups is 1. The van der Waals surface area contributed by atoms with Gasteiger partial charge in [-0.3, -0.25) is 0 Å². The number of nitriles is 1. The molecule has 66 valence electrons. The Balaban J connectivity index is 3.26. The van der Waals surface area contributed by atoms with Crippen molar-refractivity contribution in [2.24, 2.45) is 10.9 Å². The van der Waals surface area contributed by atoms with Crippen molar-refractivity contribution in [3.8, 4) is 6.07 Å². The van der Waals surface area contributed by atoms with Gasteiger partial charge in [-0.15, -0.1) is 0 Å². The van der Waals surface area contributed by atoms with Gasteiger partial charge in [-0.05, 0) is 18.2 Å². The predicted molar refractivity (Wildman–Crippen MR) is 43.6 cm³/mol. The molecule has 1 aromatic carbocycles. The Morgan fingerprint density at radius 1 is 1.54 bits per heavy atom. The Bertz CT molecular complexity index is 395. The lowest BCUT2D eigenvalue weighted by Crippen LogP contribution is -2.13. The van der Waals surface area contributed by atoms with Crippen LogP contribution in [0.15, 0.2) is 23.4 Å². The van der Waals surface area contributed by atoms with Crippen molar-refractivity contribution in [2.45, 2.75) is 0 Å². The highest BCUT2D eigenvalue weighted by molar-refractivity contribution is 5.97. The van der Waals surface area contributed by atoms with Crippen molar-refractivity contribution < 1.29 is 9.60 Å². The van der Waals surface area contributed by atoms with E-state index < -0.39 is 5.82 Å². The van der Waals surface area contributed by atoms with Crippen LogP contribution < -0.4 is 5.73 Å². The first-order valence-corrected chi connectivity index (χ1v) is 3.36. The first-order valence-electron chi connectivity index (χ1n) is 3.36. The number of amidine groups is 1. The summed E-state index contributed by atoms with van der Waals surface area (Å²) in [7, 11) is 0. The SMILES string of the molecule is N#Cc1cc(F)cc(/C(N)=N/O)c1. The summed E-state index contributed by atoms with van der Waals surface area (Å²) in [5, 5.41) is 19.5.